The molecule has 0 unspecified atom stereocenters. The first-order chi connectivity index (χ1) is 17.8. The van der Waals surface area contributed by atoms with E-state index in [2.05, 4.69) is 102 Å². The van der Waals surface area contributed by atoms with Crippen LogP contribution in [0.1, 0.15) is 0 Å². The van der Waals surface area contributed by atoms with Crippen molar-refractivity contribution in [2.75, 3.05) is 12.0 Å². The van der Waals surface area contributed by atoms with Gasteiger partial charge in [0.15, 0.2) is 0 Å². The lowest BCUT2D eigenvalue weighted by Crippen LogP contribution is -2.09. The Balaban J connectivity index is 1.42. The Morgan fingerprint density at radius 3 is 1.36 bits per heavy atom. The summed E-state index contributed by atoms with van der Waals surface area (Å²) in [5.41, 5.74) is 5.37. The van der Waals surface area contributed by atoms with E-state index in [1.165, 1.54) is 0 Å². The molecule has 0 spiro atoms. The molecule has 5 aromatic carbocycles. The maximum atomic E-state index is 6.53. The number of methoxy groups -OCH3 is 1. The quantitative estimate of drug-likeness (QED) is 0.244. The van der Waals surface area contributed by atoms with Crippen LogP contribution >= 0.6 is 0 Å². The molecule has 0 aliphatic carbocycles. The molecule has 0 saturated heterocycles. The molecular formula is C33H25NO2. The van der Waals surface area contributed by atoms with Crippen LogP contribution in [0.4, 0.5) is 17.1 Å². The standard InChI is InChI=1S/C33H25NO2/c1-35-29-22-18-25(19-23-29)33-31-15-9-8-14-30(31)32(36-33)24-16-20-28(21-17-24)34(26-10-4-2-5-11-26)27-12-6-3-7-13-27/h2-23H,1H3. The van der Waals surface area contributed by atoms with Crippen molar-refractivity contribution in [2.24, 2.45) is 0 Å². The zero-order valence-electron chi connectivity index (χ0n) is 20.0. The van der Waals surface area contributed by atoms with Gasteiger partial charge in [-0.1, -0.05) is 60.7 Å². The maximum Gasteiger partial charge on any atom is 0.142 e. The topological polar surface area (TPSA) is 25.6 Å². The summed E-state index contributed by atoms with van der Waals surface area (Å²) in [5, 5.41) is 2.19. The SMILES string of the molecule is COc1ccc(-c2oc(-c3ccc(N(c4ccccc4)c4ccccc4)cc3)c3ccccc23)cc1. The molecular weight excluding hydrogens is 442 g/mol. The van der Waals surface area contributed by atoms with Crippen molar-refractivity contribution in [2.45, 2.75) is 0 Å². The van der Waals surface area contributed by atoms with Gasteiger partial charge in [-0.3, -0.25) is 0 Å². The van der Waals surface area contributed by atoms with Crippen LogP contribution in [-0.2, 0) is 0 Å². The lowest BCUT2D eigenvalue weighted by atomic mass is 10.0. The highest BCUT2D eigenvalue weighted by Gasteiger charge is 2.17. The molecule has 0 N–H and O–H groups in total. The van der Waals surface area contributed by atoms with Crippen molar-refractivity contribution in [3.63, 3.8) is 0 Å². The minimum Gasteiger partial charge on any atom is -0.497 e. The van der Waals surface area contributed by atoms with Crippen molar-refractivity contribution < 1.29 is 9.15 Å². The summed E-state index contributed by atoms with van der Waals surface area (Å²) in [5.74, 6) is 2.56. The molecule has 0 atom stereocenters. The number of ether oxygens (including phenoxy) is 1. The fraction of sp³-hybridized carbons (Fsp3) is 0.0303. The van der Waals surface area contributed by atoms with Gasteiger partial charge in [-0.15, -0.1) is 0 Å². The fourth-order valence-electron chi connectivity index (χ4n) is 4.63. The van der Waals surface area contributed by atoms with E-state index in [1.807, 2.05) is 36.4 Å². The molecule has 6 rings (SSSR count). The Morgan fingerprint density at radius 2 is 0.889 bits per heavy atom. The Bertz CT molecular complexity index is 1550. The van der Waals surface area contributed by atoms with Crippen LogP contribution in [0.2, 0.25) is 0 Å². The van der Waals surface area contributed by atoms with E-state index < -0.39 is 0 Å². The number of fused-ring (bicyclic) bond motifs is 1. The highest BCUT2D eigenvalue weighted by atomic mass is 16.5. The van der Waals surface area contributed by atoms with Crippen LogP contribution in [0.3, 0.4) is 0 Å². The molecule has 0 fully saturated rings. The predicted octanol–water partition coefficient (Wildman–Crippen LogP) is 9.25. The fourth-order valence-corrected chi connectivity index (χ4v) is 4.63. The molecule has 36 heavy (non-hydrogen) atoms. The van der Waals surface area contributed by atoms with Gasteiger partial charge >= 0.3 is 0 Å². The van der Waals surface area contributed by atoms with Crippen LogP contribution in [-0.4, -0.2) is 7.11 Å². The third-order valence-electron chi connectivity index (χ3n) is 6.39. The van der Waals surface area contributed by atoms with Gasteiger partial charge < -0.3 is 14.1 Å². The van der Waals surface area contributed by atoms with Gasteiger partial charge in [-0.2, -0.15) is 0 Å². The number of anilines is 3. The van der Waals surface area contributed by atoms with Gasteiger partial charge in [0.2, 0.25) is 0 Å². The van der Waals surface area contributed by atoms with Crippen molar-refractivity contribution in [1.29, 1.82) is 0 Å². The second kappa shape index (κ2) is 9.47. The number of hydrogen-bond donors (Lipinski definition) is 0. The van der Waals surface area contributed by atoms with Gasteiger partial charge in [0.05, 0.1) is 7.11 Å². The summed E-state index contributed by atoms with van der Waals surface area (Å²) < 4.78 is 11.9. The number of furan rings is 1. The minimum absolute atomic E-state index is 0.826. The molecule has 0 bridgehead atoms. The molecule has 6 aromatic rings. The van der Waals surface area contributed by atoms with Crippen LogP contribution in [0, 0.1) is 0 Å². The van der Waals surface area contributed by atoms with E-state index >= 15 is 0 Å². The summed E-state index contributed by atoms with van der Waals surface area (Å²) in [4.78, 5) is 2.26. The molecule has 0 aliphatic heterocycles. The van der Waals surface area contributed by atoms with Gasteiger partial charge in [-0.25, -0.2) is 0 Å². The maximum absolute atomic E-state index is 6.53. The highest BCUT2D eigenvalue weighted by Crippen LogP contribution is 2.41. The third-order valence-corrected chi connectivity index (χ3v) is 6.39. The normalized spacial score (nSPS) is 10.9. The predicted molar refractivity (Wildman–Crippen MR) is 148 cm³/mol. The zero-order valence-corrected chi connectivity index (χ0v) is 20.0. The monoisotopic (exact) mass is 467 g/mol. The smallest absolute Gasteiger partial charge is 0.142 e. The molecule has 1 heterocycles. The van der Waals surface area contributed by atoms with Gasteiger partial charge in [0.25, 0.3) is 0 Å². The van der Waals surface area contributed by atoms with E-state index in [1.54, 1.807) is 7.11 Å². The summed E-state index contributed by atoms with van der Waals surface area (Å²) in [6.45, 7) is 0. The molecule has 0 radical (unpaired) electrons. The van der Waals surface area contributed by atoms with Crippen molar-refractivity contribution in [1.82, 2.24) is 0 Å². The van der Waals surface area contributed by atoms with Crippen LogP contribution < -0.4 is 9.64 Å². The summed E-state index contributed by atoms with van der Waals surface area (Å²) in [7, 11) is 1.68. The number of benzene rings is 5. The van der Waals surface area contributed by atoms with E-state index in [0.29, 0.717) is 0 Å². The average molecular weight is 468 g/mol. The lowest BCUT2D eigenvalue weighted by Gasteiger charge is -2.25. The second-order valence-corrected chi connectivity index (χ2v) is 8.59. The third kappa shape index (κ3) is 4.01. The Kier molecular flexibility index (Phi) is 5.72. The van der Waals surface area contributed by atoms with Crippen molar-refractivity contribution in [3.05, 3.63) is 133 Å². The average Bonchev–Trinajstić information content (AvgIpc) is 3.35. The molecule has 3 nitrogen and oxygen atoms in total. The number of nitrogens with zero attached hydrogens (tertiary/aromatic N) is 1. The number of rotatable bonds is 6. The van der Waals surface area contributed by atoms with E-state index in [0.717, 1.165) is 56.2 Å². The van der Waals surface area contributed by atoms with E-state index in [-0.39, 0.29) is 0 Å². The molecule has 3 heteroatoms. The molecule has 0 saturated carbocycles. The zero-order chi connectivity index (χ0) is 24.3. The molecule has 0 amide bonds. The number of hydrogen-bond acceptors (Lipinski definition) is 3. The first kappa shape index (κ1) is 21.8. The first-order valence-corrected chi connectivity index (χ1v) is 12.0. The Morgan fingerprint density at radius 1 is 0.472 bits per heavy atom. The minimum atomic E-state index is 0.826. The van der Waals surface area contributed by atoms with E-state index in [4.69, 9.17) is 9.15 Å². The summed E-state index contributed by atoms with van der Waals surface area (Å²) in [6.07, 6.45) is 0. The molecule has 174 valence electrons. The number of para-hydroxylation sites is 2. The Hall–Kier alpha value is -4.76. The van der Waals surface area contributed by atoms with Gasteiger partial charge in [-0.05, 0) is 72.8 Å². The first-order valence-electron chi connectivity index (χ1n) is 12.0. The highest BCUT2D eigenvalue weighted by molar-refractivity contribution is 6.02. The van der Waals surface area contributed by atoms with Crippen LogP contribution in [0.15, 0.2) is 138 Å². The lowest BCUT2D eigenvalue weighted by molar-refractivity contribution is 0.415. The van der Waals surface area contributed by atoms with Crippen LogP contribution in [0.5, 0.6) is 5.75 Å². The second-order valence-electron chi connectivity index (χ2n) is 8.59. The summed E-state index contributed by atoms with van der Waals surface area (Å²) >= 11 is 0. The molecule has 1 aromatic heterocycles. The van der Waals surface area contributed by atoms with Crippen LogP contribution in [0.25, 0.3) is 33.4 Å². The van der Waals surface area contributed by atoms with E-state index in [9.17, 15) is 0 Å². The molecule has 0 aliphatic rings. The van der Waals surface area contributed by atoms with Gasteiger partial charge in [0, 0.05) is 39.0 Å². The van der Waals surface area contributed by atoms with Crippen molar-refractivity contribution in [3.8, 4) is 28.4 Å². The van der Waals surface area contributed by atoms with Crippen molar-refractivity contribution >= 4 is 27.8 Å². The van der Waals surface area contributed by atoms with Gasteiger partial charge in [0.1, 0.15) is 17.3 Å². The summed E-state index contributed by atoms with van der Waals surface area (Å²) in [6, 6.07) is 45.8. The largest absolute Gasteiger partial charge is 0.497 e. The Labute approximate surface area is 210 Å².